The Kier molecular flexibility index (Phi) is 4.15. The fourth-order valence-electron chi connectivity index (χ4n) is 1.03. The van der Waals surface area contributed by atoms with Gasteiger partial charge in [-0.2, -0.15) is 0 Å². The van der Waals surface area contributed by atoms with Gasteiger partial charge in [0.2, 0.25) is 0 Å². The van der Waals surface area contributed by atoms with Gasteiger partial charge in [-0.15, -0.1) is 0 Å². The maximum absolute atomic E-state index is 3.43. The van der Waals surface area contributed by atoms with E-state index in [0.717, 1.165) is 11.9 Å². The minimum Gasteiger partial charge on any atom is -0.385 e. The van der Waals surface area contributed by atoms with Crippen molar-refractivity contribution in [3.05, 3.63) is 29.8 Å². The predicted octanol–water partition coefficient (Wildman–Crippen LogP) is 3.40. The highest BCUT2D eigenvalue weighted by molar-refractivity contribution is 9.08. The van der Waals surface area contributed by atoms with Crippen molar-refractivity contribution < 1.29 is 0 Å². The summed E-state index contributed by atoms with van der Waals surface area (Å²) in [5, 5.41) is 4.27. The summed E-state index contributed by atoms with van der Waals surface area (Å²) in [7, 11) is 0. The lowest BCUT2D eigenvalue weighted by atomic mass is 10.2. The summed E-state index contributed by atoms with van der Waals surface area (Å²) < 4.78 is 0. The van der Waals surface area contributed by atoms with Crippen molar-refractivity contribution >= 4 is 21.6 Å². The van der Waals surface area contributed by atoms with Gasteiger partial charge in [0.15, 0.2) is 0 Å². The van der Waals surface area contributed by atoms with Gasteiger partial charge in [0.05, 0.1) is 0 Å². The van der Waals surface area contributed by atoms with E-state index in [2.05, 4.69) is 52.4 Å². The summed E-state index contributed by atoms with van der Waals surface area (Å²) in [5.41, 5.74) is 2.53. The number of benzene rings is 1. The van der Waals surface area contributed by atoms with Gasteiger partial charge in [-0.3, -0.25) is 0 Å². The number of rotatable bonds is 4. The van der Waals surface area contributed by atoms with E-state index in [9.17, 15) is 0 Å². The van der Waals surface area contributed by atoms with Crippen LogP contribution >= 0.6 is 15.9 Å². The molecule has 0 aliphatic rings. The molecule has 0 unspecified atom stereocenters. The molecule has 66 valence electrons. The van der Waals surface area contributed by atoms with Crippen LogP contribution in [0.5, 0.6) is 0 Å². The van der Waals surface area contributed by atoms with Crippen LogP contribution in [0.1, 0.15) is 18.9 Å². The molecule has 0 saturated heterocycles. The topological polar surface area (TPSA) is 12.0 Å². The quantitative estimate of drug-likeness (QED) is 0.778. The second-order valence-corrected chi connectivity index (χ2v) is 3.32. The Morgan fingerprint density at radius 1 is 1.42 bits per heavy atom. The highest BCUT2D eigenvalue weighted by Crippen LogP contribution is 2.12. The van der Waals surface area contributed by atoms with Crippen molar-refractivity contribution in [3.8, 4) is 0 Å². The van der Waals surface area contributed by atoms with Gasteiger partial charge in [0.1, 0.15) is 0 Å². The molecule has 0 heterocycles. The summed E-state index contributed by atoms with van der Waals surface area (Å²) in [6, 6.07) is 8.46. The SMILES string of the molecule is CCCNc1cccc(CBr)c1. The number of alkyl halides is 1. The number of hydrogen-bond donors (Lipinski definition) is 1. The molecule has 1 aromatic carbocycles. The van der Waals surface area contributed by atoms with Gasteiger partial charge < -0.3 is 5.32 Å². The van der Waals surface area contributed by atoms with Crippen LogP contribution in [-0.4, -0.2) is 6.54 Å². The molecular weight excluding hydrogens is 214 g/mol. The zero-order valence-electron chi connectivity index (χ0n) is 7.31. The van der Waals surface area contributed by atoms with Crippen molar-refractivity contribution in [1.29, 1.82) is 0 Å². The molecule has 1 rings (SSSR count). The van der Waals surface area contributed by atoms with Crippen LogP contribution in [0, 0.1) is 0 Å². The third-order valence-electron chi connectivity index (χ3n) is 1.66. The van der Waals surface area contributed by atoms with E-state index < -0.39 is 0 Å². The zero-order chi connectivity index (χ0) is 8.81. The number of nitrogens with one attached hydrogen (secondary N) is 1. The molecule has 0 bridgehead atoms. The minimum absolute atomic E-state index is 0.925. The first-order chi connectivity index (χ1) is 5.86. The van der Waals surface area contributed by atoms with Crippen LogP contribution in [0.2, 0.25) is 0 Å². The fraction of sp³-hybridized carbons (Fsp3) is 0.400. The second kappa shape index (κ2) is 5.20. The molecule has 0 aliphatic heterocycles. The number of halogens is 1. The van der Waals surface area contributed by atoms with E-state index in [1.165, 1.54) is 17.7 Å². The lowest BCUT2D eigenvalue weighted by Crippen LogP contribution is -1.99. The van der Waals surface area contributed by atoms with E-state index in [-0.39, 0.29) is 0 Å². The third kappa shape index (κ3) is 2.86. The molecule has 12 heavy (non-hydrogen) atoms. The molecule has 1 N–H and O–H groups in total. The molecule has 1 nitrogen and oxygen atoms in total. The summed E-state index contributed by atoms with van der Waals surface area (Å²) in [5.74, 6) is 0. The fourth-order valence-corrected chi connectivity index (χ4v) is 1.38. The maximum atomic E-state index is 3.43. The van der Waals surface area contributed by atoms with E-state index in [0.29, 0.717) is 0 Å². The Hall–Kier alpha value is -0.500. The van der Waals surface area contributed by atoms with Gasteiger partial charge in [0.25, 0.3) is 0 Å². The Labute approximate surface area is 82.3 Å². The third-order valence-corrected chi connectivity index (χ3v) is 2.31. The van der Waals surface area contributed by atoms with Gasteiger partial charge >= 0.3 is 0 Å². The van der Waals surface area contributed by atoms with E-state index in [1.807, 2.05) is 0 Å². The molecule has 2 heteroatoms. The smallest absolute Gasteiger partial charge is 0.0343 e. The standard InChI is InChI=1S/C10H14BrN/c1-2-6-12-10-5-3-4-9(7-10)8-11/h3-5,7,12H,2,6,8H2,1H3. The molecule has 0 saturated carbocycles. The van der Waals surface area contributed by atoms with Gasteiger partial charge in [-0.05, 0) is 24.1 Å². The van der Waals surface area contributed by atoms with Crippen molar-refractivity contribution in [3.63, 3.8) is 0 Å². The summed E-state index contributed by atoms with van der Waals surface area (Å²) >= 11 is 3.43. The predicted molar refractivity (Wildman–Crippen MR) is 57.9 cm³/mol. The largest absolute Gasteiger partial charge is 0.385 e. The van der Waals surface area contributed by atoms with Gasteiger partial charge in [0, 0.05) is 17.6 Å². The van der Waals surface area contributed by atoms with Crippen LogP contribution < -0.4 is 5.32 Å². The molecule has 0 aliphatic carbocycles. The first-order valence-corrected chi connectivity index (χ1v) is 5.37. The van der Waals surface area contributed by atoms with Crippen LogP contribution in [-0.2, 0) is 5.33 Å². The molecule has 0 spiro atoms. The zero-order valence-corrected chi connectivity index (χ0v) is 8.89. The summed E-state index contributed by atoms with van der Waals surface area (Å²) in [6.07, 6.45) is 1.17. The Morgan fingerprint density at radius 3 is 2.92 bits per heavy atom. The van der Waals surface area contributed by atoms with Gasteiger partial charge in [-0.25, -0.2) is 0 Å². The van der Waals surface area contributed by atoms with E-state index in [1.54, 1.807) is 0 Å². The number of anilines is 1. The Balaban J connectivity index is 2.60. The van der Waals surface area contributed by atoms with Crippen molar-refractivity contribution in [1.82, 2.24) is 0 Å². The first kappa shape index (κ1) is 9.59. The highest BCUT2D eigenvalue weighted by Gasteiger charge is 1.92. The molecule has 0 aromatic heterocycles. The van der Waals surface area contributed by atoms with E-state index in [4.69, 9.17) is 0 Å². The molecule has 0 atom stereocenters. The normalized spacial score (nSPS) is 9.83. The molecule has 0 amide bonds. The molecule has 1 aromatic rings. The van der Waals surface area contributed by atoms with Gasteiger partial charge in [-0.1, -0.05) is 35.0 Å². The van der Waals surface area contributed by atoms with Crippen LogP contribution in [0.15, 0.2) is 24.3 Å². The first-order valence-electron chi connectivity index (χ1n) is 4.25. The van der Waals surface area contributed by atoms with Crippen molar-refractivity contribution in [2.24, 2.45) is 0 Å². The summed E-state index contributed by atoms with van der Waals surface area (Å²) in [6.45, 7) is 3.22. The van der Waals surface area contributed by atoms with Crippen LogP contribution in [0.4, 0.5) is 5.69 Å². The summed E-state index contributed by atoms with van der Waals surface area (Å²) in [4.78, 5) is 0. The number of hydrogen-bond acceptors (Lipinski definition) is 1. The van der Waals surface area contributed by atoms with Crippen LogP contribution in [0.3, 0.4) is 0 Å². The monoisotopic (exact) mass is 227 g/mol. The maximum Gasteiger partial charge on any atom is 0.0343 e. The van der Waals surface area contributed by atoms with Crippen molar-refractivity contribution in [2.75, 3.05) is 11.9 Å². The molecular formula is C10H14BrN. The van der Waals surface area contributed by atoms with Crippen LogP contribution in [0.25, 0.3) is 0 Å². The average molecular weight is 228 g/mol. The highest BCUT2D eigenvalue weighted by atomic mass is 79.9. The van der Waals surface area contributed by atoms with E-state index >= 15 is 0 Å². The Morgan fingerprint density at radius 2 is 2.25 bits per heavy atom. The lowest BCUT2D eigenvalue weighted by Gasteiger charge is -2.05. The minimum atomic E-state index is 0.925. The second-order valence-electron chi connectivity index (χ2n) is 2.76. The average Bonchev–Trinajstić information content (AvgIpc) is 2.15. The molecule has 0 fully saturated rings. The Bertz CT molecular complexity index is 235. The molecule has 0 radical (unpaired) electrons. The lowest BCUT2D eigenvalue weighted by molar-refractivity contribution is 0.979. The van der Waals surface area contributed by atoms with Crippen molar-refractivity contribution in [2.45, 2.75) is 18.7 Å².